The van der Waals surface area contributed by atoms with Gasteiger partial charge in [0.2, 0.25) is 0 Å². The zero-order valence-electron chi connectivity index (χ0n) is 12.8. The van der Waals surface area contributed by atoms with Gasteiger partial charge in [-0.05, 0) is 32.0 Å². The summed E-state index contributed by atoms with van der Waals surface area (Å²) in [5, 5.41) is 0. The highest BCUT2D eigenvalue weighted by atomic mass is 32.2. The van der Waals surface area contributed by atoms with Gasteiger partial charge in [-0.25, -0.2) is 8.42 Å². The number of rotatable bonds is 5. The van der Waals surface area contributed by atoms with Gasteiger partial charge in [-0.15, -0.1) is 0 Å². The number of morpholine rings is 1. The van der Waals surface area contributed by atoms with Crippen molar-refractivity contribution in [2.75, 3.05) is 32.5 Å². The average molecular weight is 313 g/mol. The van der Waals surface area contributed by atoms with E-state index in [1.807, 2.05) is 13.8 Å². The number of benzene rings is 1. The predicted octanol–water partition coefficient (Wildman–Crippen LogP) is 1.58. The molecule has 1 heterocycles. The van der Waals surface area contributed by atoms with Crippen molar-refractivity contribution in [1.29, 1.82) is 0 Å². The molecule has 1 aliphatic heterocycles. The molecule has 0 bridgehead atoms. The smallest absolute Gasteiger partial charge is 0.179 e. The summed E-state index contributed by atoms with van der Waals surface area (Å²) in [5.41, 5.74) is 0. The first kappa shape index (κ1) is 16.3. The highest BCUT2D eigenvalue weighted by molar-refractivity contribution is 7.91. The molecule has 1 aromatic carbocycles. The molecule has 1 fully saturated rings. The molecule has 5 nitrogen and oxygen atoms in total. The molecule has 0 aliphatic carbocycles. The molecule has 118 valence electrons. The number of nitrogens with zero attached hydrogens (tertiary/aromatic N) is 1. The van der Waals surface area contributed by atoms with Crippen LogP contribution < -0.4 is 4.74 Å². The molecular weight excluding hydrogens is 290 g/mol. The van der Waals surface area contributed by atoms with E-state index in [2.05, 4.69) is 4.90 Å². The monoisotopic (exact) mass is 313 g/mol. The minimum atomic E-state index is -3.29. The Morgan fingerprint density at radius 2 is 1.95 bits per heavy atom. The van der Waals surface area contributed by atoms with Crippen LogP contribution in [0.1, 0.15) is 13.8 Å². The minimum absolute atomic E-state index is 0.111. The van der Waals surface area contributed by atoms with E-state index < -0.39 is 9.84 Å². The Bertz CT molecular complexity index is 563. The lowest BCUT2D eigenvalue weighted by Crippen LogP contribution is -2.46. The second kappa shape index (κ2) is 6.77. The number of ether oxygens (including phenoxy) is 2. The minimum Gasteiger partial charge on any atom is -0.497 e. The van der Waals surface area contributed by atoms with Crippen LogP contribution in [0.2, 0.25) is 0 Å². The molecule has 2 rings (SSSR count). The van der Waals surface area contributed by atoms with E-state index in [1.165, 1.54) is 7.11 Å². The van der Waals surface area contributed by atoms with Crippen molar-refractivity contribution >= 4 is 9.84 Å². The first-order valence-electron chi connectivity index (χ1n) is 7.15. The molecule has 0 aromatic heterocycles. The van der Waals surface area contributed by atoms with Crippen molar-refractivity contribution in [3.05, 3.63) is 24.3 Å². The Kier molecular flexibility index (Phi) is 5.24. The molecule has 2 atom stereocenters. The van der Waals surface area contributed by atoms with Crippen molar-refractivity contribution in [3.8, 4) is 5.75 Å². The van der Waals surface area contributed by atoms with Crippen molar-refractivity contribution in [1.82, 2.24) is 4.90 Å². The molecule has 0 amide bonds. The quantitative estimate of drug-likeness (QED) is 0.826. The number of hydrogen-bond acceptors (Lipinski definition) is 5. The van der Waals surface area contributed by atoms with Crippen LogP contribution in [0.15, 0.2) is 29.2 Å². The first-order chi connectivity index (χ1) is 9.90. The fourth-order valence-corrected chi connectivity index (χ4v) is 3.94. The van der Waals surface area contributed by atoms with Gasteiger partial charge in [0.15, 0.2) is 9.84 Å². The Morgan fingerprint density at radius 3 is 2.57 bits per heavy atom. The Hall–Kier alpha value is -1.11. The van der Waals surface area contributed by atoms with E-state index in [-0.39, 0.29) is 18.0 Å². The molecule has 0 radical (unpaired) electrons. The third-order valence-corrected chi connectivity index (χ3v) is 5.26. The maximum absolute atomic E-state index is 12.4. The molecule has 1 saturated heterocycles. The molecule has 6 heteroatoms. The van der Waals surface area contributed by atoms with Crippen LogP contribution in [0.3, 0.4) is 0 Å². The zero-order valence-corrected chi connectivity index (χ0v) is 13.6. The van der Waals surface area contributed by atoms with E-state index in [9.17, 15) is 8.42 Å². The molecule has 1 aliphatic rings. The summed E-state index contributed by atoms with van der Waals surface area (Å²) < 4.78 is 35.5. The molecule has 0 unspecified atom stereocenters. The van der Waals surface area contributed by atoms with Crippen molar-refractivity contribution < 1.29 is 17.9 Å². The van der Waals surface area contributed by atoms with Crippen LogP contribution in [0.25, 0.3) is 0 Å². The van der Waals surface area contributed by atoms with Gasteiger partial charge < -0.3 is 9.47 Å². The lowest BCUT2D eigenvalue weighted by atomic mass is 10.2. The largest absolute Gasteiger partial charge is 0.497 e. The van der Waals surface area contributed by atoms with Crippen LogP contribution in [0.5, 0.6) is 5.75 Å². The Labute approximate surface area is 126 Å². The van der Waals surface area contributed by atoms with Crippen LogP contribution in [0, 0.1) is 0 Å². The average Bonchev–Trinajstić information content (AvgIpc) is 2.44. The fourth-order valence-electron chi connectivity index (χ4n) is 2.63. The Balaban J connectivity index is 2.00. The second-order valence-corrected chi connectivity index (χ2v) is 7.62. The first-order valence-corrected chi connectivity index (χ1v) is 8.80. The summed E-state index contributed by atoms with van der Waals surface area (Å²) in [5.74, 6) is 0.671. The summed E-state index contributed by atoms with van der Waals surface area (Å²) in [6.45, 7) is 6.10. The third kappa shape index (κ3) is 4.43. The van der Waals surface area contributed by atoms with Gasteiger partial charge >= 0.3 is 0 Å². The summed E-state index contributed by atoms with van der Waals surface area (Å²) >= 11 is 0. The summed E-state index contributed by atoms with van der Waals surface area (Å²) in [6, 6.07) is 6.62. The summed E-state index contributed by atoms with van der Waals surface area (Å²) in [7, 11) is -1.76. The van der Waals surface area contributed by atoms with Crippen LogP contribution in [0.4, 0.5) is 0 Å². The summed E-state index contributed by atoms with van der Waals surface area (Å²) in [4.78, 5) is 2.47. The lowest BCUT2D eigenvalue weighted by molar-refractivity contribution is -0.0662. The zero-order chi connectivity index (χ0) is 15.5. The molecule has 0 N–H and O–H groups in total. The van der Waals surface area contributed by atoms with E-state index in [1.54, 1.807) is 24.3 Å². The summed E-state index contributed by atoms with van der Waals surface area (Å²) in [6.07, 6.45) is 0.293. The van der Waals surface area contributed by atoms with Crippen LogP contribution in [-0.2, 0) is 14.6 Å². The van der Waals surface area contributed by atoms with Crippen molar-refractivity contribution in [3.63, 3.8) is 0 Å². The van der Waals surface area contributed by atoms with E-state index in [0.29, 0.717) is 17.2 Å². The highest BCUT2D eigenvalue weighted by Gasteiger charge is 2.24. The molecule has 1 aromatic rings. The van der Waals surface area contributed by atoms with Gasteiger partial charge in [0.25, 0.3) is 0 Å². The van der Waals surface area contributed by atoms with Gasteiger partial charge in [-0.1, -0.05) is 6.07 Å². The highest BCUT2D eigenvalue weighted by Crippen LogP contribution is 2.19. The predicted molar refractivity (Wildman–Crippen MR) is 81.5 cm³/mol. The molecule has 21 heavy (non-hydrogen) atoms. The van der Waals surface area contributed by atoms with Gasteiger partial charge in [0.1, 0.15) is 5.75 Å². The number of hydrogen-bond donors (Lipinski definition) is 0. The van der Waals surface area contributed by atoms with Crippen LogP contribution >= 0.6 is 0 Å². The van der Waals surface area contributed by atoms with E-state index in [0.717, 1.165) is 13.1 Å². The van der Waals surface area contributed by atoms with Gasteiger partial charge in [0.05, 0.1) is 30.0 Å². The van der Waals surface area contributed by atoms with Gasteiger partial charge in [-0.3, -0.25) is 4.90 Å². The van der Waals surface area contributed by atoms with Crippen molar-refractivity contribution in [2.24, 2.45) is 0 Å². The van der Waals surface area contributed by atoms with Crippen molar-refractivity contribution in [2.45, 2.75) is 31.0 Å². The molecular formula is C15H23NO4S. The normalized spacial score (nSPS) is 24.0. The standard InChI is InChI=1S/C15H23NO4S/c1-12-10-16(11-13(2)20-12)7-8-21(17,18)15-6-4-5-14(9-15)19-3/h4-6,9,12-13H,7-8,10-11H2,1-3H3/t12-,13-/m0/s1. The molecule has 0 spiro atoms. The maximum atomic E-state index is 12.4. The molecule has 0 saturated carbocycles. The third-order valence-electron chi connectivity index (χ3n) is 3.57. The second-order valence-electron chi connectivity index (χ2n) is 5.51. The van der Waals surface area contributed by atoms with Gasteiger partial charge in [-0.2, -0.15) is 0 Å². The van der Waals surface area contributed by atoms with Gasteiger partial charge in [0, 0.05) is 19.6 Å². The fraction of sp³-hybridized carbons (Fsp3) is 0.600. The van der Waals surface area contributed by atoms with E-state index >= 15 is 0 Å². The maximum Gasteiger partial charge on any atom is 0.179 e. The van der Waals surface area contributed by atoms with Crippen LogP contribution in [-0.4, -0.2) is 58.0 Å². The lowest BCUT2D eigenvalue weighted by Gasteiger charge is -2.35. The Morgan fingerprint density at radius 1 is 1.29 bits per heavy atom. The number of sulfone groups is 1. The topological polar surface area (TPSA) is 55.8 Å². The van der Waals surface area contributed by atoms with E-state index in [4.69, 9.17) is 9.47 Å². The number of methoxy groups -OCH3 is 1. The SMILES string of the molecule is COc1cccc(S(=O)(=O)CCN2C[C@H](C)O[C@@H](C)C2)c1.